The second kappa shape index (κ2) is 6.14. The number of amides is 1. The van der Waals surface area contributed by atoms with Crippen LogP contribution in [-0.4, -0.2) is 5.91 Å². The molecular formula is C17H12ClFN2O2. The second-order valence-electron chi connectivity index (χ2n) is 4.86. The van der Waals surface area contributed by atoms with Gasteiger partial charge in [0.25, 0.3) is 5.91 Å². The topological polar surface area (TPSA) is 68.3 Å². The van der Waals surface area contributed by atoms with Gasteiger partial charge in [0.2, 0.25) is 0 Å². The summed E-state index contributed by atoms with van der Waals surface area (Å²) in [5.41, 5.74) is 6.62. The minimum atomic E-state index is -0.536. The highest BCUT2D eigenvalue weighted by Gasteiger charge is 2.13. The summed E-state index contributed by atoms with van der Waals surface area (Å²) in [7, 11) is 0. The van der Waals surface area contributed by atoms with Crippen LogP contribution >= 0.6 is 11.6 Å². The van der Waals surface area contributed by atoms with Gasteiger partial charge in [-0.15, -0.1) is 0 Å². The molecule has 4 nitrogen and oxygen atoms in total. The Morgan fingerprint density at radius 1 is 1.09 bits per heavy atom. The number of benzene rings is 2. The molecule has 3 N–H and O–H groups in total. The van der Waals surface area contributed by atoms with E-state index in [1.165, 1.54) is 18.2 Å². The lowest BCUT2D eigenvalue weighted by molar-refractivity contribution is 0.0997. The van der Waals surface area contributed by atoms with E-state index in [2.05, 4.69) is 5.32 Å². The van der Waals surface area contributed by atoms with Crippen LogP contribution in [0.5, 0.6) is 0 Å². The molecular weight excluding hydrogens is 319 g/mol. The van der Waals surface area contributed by atoms with E-state index in [9.17, 15) is 9.18 Å². The van der Waals surface area contributed by atoms with Crippen molar-refractivity contribution < 1.29 is 13.6 Å². The normalized spacial score (nSPS) is 10.5. The summed E-state index contributed by atoms with van der Waals surface area (Å²) in [5, 5.41) is 3.22. The van der Waals surface area contributed by atoms with Gasteiger partial charge in [-0.3, -0.25) is 4.79 Å². The number of carbonyl (C=O) groups excluding carboxylic acids is 1. The molecule has 3 rings (SSSR count). The SMILES string of the molecule is Nc1cc(NC(=O)c2ccc(-c3ccc(Cl)cc3)o2)ccc1F. The van der Waals surface area contributed by atoms with Gasteiger partial charge in [-0.2, -0.15) is 0 Å². The van der Waals surface area contributed by atoms with Crippen LogP contribution in [0.15, 0.2) is 59.0 Å². The number of nitrogens with two attached hydrogens (primary N) is 1. The van der Waals surface area contributed by atoms with E-state index in [0.29, 0.717) is 16.5 Å². The summed E-state index contributed by atoms with van der Waals surface area (Å²) >= 11 is 5.84. The quantitative estimate of drug-likeness (QED) is 0.691. The fraction of sp³-hybridized carbons (Fsp3) is 0. The summed E-state index contributed by atoms with van der Waals surface area (Å²) in [6.45, 7) is 0. The molecule has 0 bridgehead atoms. The van der Waals surface area contributed by atoms with Crippen molar-refractivity contribution in [2.75, 3.05) is 11.1 Å². The zero-order chi connectivity index (χ0) is 16.4. The molecule has 1 aromatic heterocycles. The van der Waals surface area contributed by atoms with Gasteiger partial charge in [-0.1, -0.05) is 11.6 Å². The van der Waals surface area contributed by atoms with Gasteiger partial charge in [0.15, 0.2) is 5.76 Å². The Morgan fingerprint density at radius 2 is 1.83 bits per heavy atom. The number of nitrogens with one attached hydrogen (secondary N) is 1. The molecule has 0 saturated heterocycles. The lowest BCUT2D eigenvalue weighted by Crippen LogP contribution is -2.11. The molecule has 23 heavy (non-hydrogen) atoms. The van der Waals surface area contributed by atoms with Gasteiger partial charge in [0.05, 0.1) is 5.69 Å². The fourth-order valence-electron chi connectivity index (χ4n) is 2.04. The molecule has 0 aliphatic heterocycles. The Morgan fingerprint density at radius 3 is 2.52 bits per heavy atom. The maximum absolute atomic E-state index is 13.1. The van der Waals surface area contributed by atoms with Crippen molar-refractivity contribution in [3.05, 3.63) is 71.2 Å². The highest BCUT2D eigenvalue weighted by atomic mass is 35.5. The monoisotopic (exact) mass is 330 g/mol. The van der Waals surface area contributed by atoms with E-state index in [1.54, 1.807) is 36.4 Å². The maximum atomic E-state index is 13.1. The molecule has 0 saturated carbocycles. The number of furan rings is 1. The van der Waals surface area contributed by atoms with Crippen molar-refractivity contribution in [3.8, 4) is 11.3 Å². The maximum Gasteiger partial charge on any atom is 0.291 e. The van der Waals surface area contributed by atoms with Gasteiger partial charge in [0.1, 0.15) is 11.6 Å². The van der Waals surface area contributed by atoms with Crippen LogP contribution in [0.4, 0.5) is 15.8 Å². The third-order valence-corrected chi connectivity index (χ3v) is 3.46. The number of anilines is 2. The van der Waals surface area contributed by atoms with Crippen LogP contribution in [0.3, 0.4) is 0 Å². The predicted molar refractivity (Wildman–Crippen MR) is 87.9 cm³/mol. The Bertz CT molecular complexity index is 859. The third-order valence-electron chi connectivity index (χ3n) is 3.21. The van der Waals surface area contributed by atoms with E-state index in [4.69, 9.17) is 21.8 Å². The molecule has 2 aromatic carbocycles. The van der Waals surface area contributed by atoms with E-state index >= 15 is 0 Å². The summed E-state index contributed by atoms with van der Waals surface area (Å²) < 4.78 is 18.6. The van der Waals surface area contributed by atoms with Gasteiger partial charge >= 0.3 is 0 Å². The smallest absolute Gasteiger partial charge is 0.291 e. The molecule has 0 fully saturated rings. The van der Waals surface area contributed by atoms with Gasteiger partial charge in [0, 0.05) is 16.3 Å². The van der Waals surface area contributed by atoms with Crippen molar-refractivity contribution in [2.45, 2.75) is 0 Å². The first-order valence-corrected chi connectivity index (χ1v) is 7.13. The molecule has 1 heterocycles. The Hall–Kier alpha value is -2.79. The summed E-state index contributed by atoms with van der Waals surface area (Å²) in [6, 6.07) is 14.3. The average molecular weight is 331 g/mol. The molecule has 3 aromatic rings. The zero-order valence-corrected chi connectivity index (χ0v) is 12.6. The van der Waals surface area contributed by atoms with Crippen LogP contribution in [0.2, 0.25) is 5.02 Å². The van der Waals surface area contributed by atoms with E-state index in [-0.39, 0.29) is 11.4 Å². The van der Waals surface area contributed by atoms with Crippen LogP contribution in [0.1, 0.15) is 10.6 Å². The molecule has 116 valence electrons. The third kappa shape index (κ3) is 3.35. The number of halogens is 2. The van der Waals surface area contributed by atoms with Crippen LogP contribution in [-0.2, 0) is 0 Å². The van der Waals surface area contributed by atoms with Gasteiger partial charge in [-0.05, 0) is 54.6 Å². The van der Waals surface area contributed by atoms with Crippen molar-refractivity contribution in [1.82, 2.24) is 0 Å². The first-order chi connectivity index (χ1) is 11.0. The Labute approximate surface area is 136 Å². The van der Waals surface area contributed by atoms with Crippen molar-refractivity contribution in [2.24, 2.45) is 0 Å². The molecule has 6 heteroatoms. The predicted octanol–water partition coefficient (Wildman–Crippen LogP) is 4.57. The summed E-state index contributed by atoms with van der Waals surface area (Å²) in [5.74, 6) is -0.300. The first-order valence-electron chi connectivity index (χ1n) is 6.75. The Kier molecular flexibility index (Phi) is 4.04. The lowest BCUT2D eigenvalue weighted by Gasteiger charge is -2.04. The minimum Gasteiger partial charge on any atom is -0.451 e. The number of hydrogen-bond donors (Lipinski definition) is 2. The minimum absolute atomic E-state index is 0.0379. The number of nitrogen functional groups attached to an aromatic ring is 1. The van der Waals surface area contributed by atoms with E-state index in [1.807, 2.05) is 0 Å². The standard InChI is InChI=1S/C17H12ClFN2O2/c18-11-3-1-10(2-4-11)15-7-8-16(23-15)17(22)21-12-5-6-13(19)14(20)9-12/h1-9H,20H2,(H,21,22). The highest BCUT2D eigenvalue weighted by Crippen LogP contribution is 2.24. The fourth-order valence-corrected chi connectivity index (χ4v) is 2.17. The van der Waals surface area contributed by atoms with Crippen molar-refractivity contribution >= 4 is 28.9 Å². The van der Waals surface area contributed by atoms with Gasteiger partial charge in [-0.25, -0.2) is 4.39 Å². The van der Waals surface area contributed by atoms with Crippen LogP contribution in [0, 0.1) is 5.82 Å². The molecule has 1 amide bonds. The molecule has 0 spiro atoms. The second-order valence-corrected chi connectivity index (χ2v) is 5.30. The van der Waals surface area contributed by atoms with Crippen LogP contribution < -0.4 is 11.1 Å². The van der Waals surface area contributed by atoms with E-state index in [0.717, 1.165) is 5.56 Å². The van der Waals surface area contributed by atoms with Gasteiger partial charge < -0.3 is 15.5 Å². The molecule has 0 aliphatic carbocycles. The summed E-state index contributed by atoms with van der Waals surface area (Å²) in [4.78, 5) is 12.1. The molecule has 0 atom stereocenters. The van der Waals surface area contributed by atoms with Crippen molar-refractivity contribution in [3.63, 3.8) is 0 Å². The number of hydrogen-bond acceptors (Lipinski definition) is 3. The largest absolute Gasteiger partial charge is 0.451 e. The average Bonchev–Trinajstić information content (AvgIpc) is 3.02. The lowest BCUT2D eigenvalue weighted by atomic mass is 10.2. The van der Waals surface area contributed by atoms with Crippen LogP contribution in [0.25, 0.3) is 11.3 Å². The summed E-state index contributed by atoms with van der Waals surface area (Å²) in [6.07, 6.45) is 0. The van der Waals surface area contributed by atoms with Crippen molar-refractivity contribution in [1.29, 1.82) is 0 Å². The molecule has 0 radical (unpaired) electrons. The first kappa shape index (κ1) is 15.1. The zero-order valence-electron chi connectivity index (χ0n) is 11.8. The highest BCUT2D eigenvalue weighted by molar-refractivity contribution is 6.30. The molecule has 0 unspecified atom stereocenters. The number of rotatable bonds is 3. The Balaban J connectivity index is 1.78. The van der Waals surface area contributed by atoms with E-state index < -0.39 is 11.7 Å². The molecule has 0 aliphatic rings. The number of carbonyl (C=O) groups is 1.